The van der Waals surface area contributed by atoms with Crippen molar-refractivity contribution in [3.05, 3.63) is 11.8 Å². The lowest BCUT2D eigenvalue weighted by molar-refractivity contribution is -0.144. The van der Waals surface area contributed by atoms with Crippen LogP contribution in [0.4, 0.5) is 0 Å². The van der Waals surface area contributed by atoms with Crippen LogP contribution in [0.5, 0.6) is 5.88 Å². The third-order valence-electron chi connectivity index (χ3n) is 2.46. The van der Waals surface area contributed by atoms with E-state index in [1.54, 1.807) is 6.92 Å². The van der Waals surface area contributed by atoms with Gasteiger partial charge in [0.05, 0.1) is 7.11 Å². The van der Waals surface area contributed by atoms with E-state index in [1.807, 2.05) is 0 Å². The number of carboxylic acid groups (broad SMARTS) is 1. The number of nitrogens with one attached hydrogen (secondary N) is 1. The standard InChI is InChI=1S/C12H16N2O7/c1-7-5-10(14-21-7)20-6-9(15)13-8(12(17)18)3-4-11(16)19-2/h5,8H,3-4,6H2,1-2H3,(H,13,15)(H,17,18)/t8-/m1/s1. The van der Waals surface area contributed by atoms with Crippen LogP contribution in [0.15, 0.2) is 10.6 Å². The molecular formula is C12H16N2O7. The van der Waals surface area contributed by atoms with Gasteiger partial charge in [0.25, 0.3) is 11.8 Å². The molecule has 1 amide bonds. The first-order valence-corrected chi connectivity index (χ1v) is 6.07. The molecule has 116 valence electrons. The van der Waals surface area contributed by atoms with E-state index in [0.717, 1.165) is 0 Å². The quantitative estimate of drug-likeness (QED) is 0.636. The molecule has 1 rings (SSSR count). The van der Waals surface area contributed by atoms with Gasteiger partial charge in [0.15, 0.2) is 6.61 Å². The van der Waals surface area contributed by atoms with Gasteiger partial charge in [0.2, 0.25) is 0 Å². The van der Waals surface area contributed by atoms with Crippen LogP contribution >= 0.6 is 0 Å². The largest absolute Gasteiger partial charge is 0.480 e. The van der Waals surface area contributed by atoms with Gasteiger partial charge >= 0.3 is 11.9 Å². The lowest BCUT2D eigenvalue weighted by atomic mass is 10.1. The first kappa shape index (κ1) is 16.5. The first-order chi connectivity index (χ1) is 9.92. The SMILES string of the molecule is COC(=O)CC[C@@H](NC(=O)COc1cc(C)on1)C(=O)O. The summed E-state index contributed by atoms with van der Waals surface area (Å²) in [5.41, 5.74) is 0. The van der Waals surface area contributed by atoms with Gasteiger partial charge in [0.1, 0.15) is 11.8 Å². The Bertz CT molecular complexity index is 511. The highest BCUT2D eigenvalue weighted by molar-refractivity contribution is 5.84. The van der Waals surface area contributed by atoms with Crippen molar-refractivity contribution in [1.29, 1.82) is 0 Å². The number of esters is 1. The lowest BCUT2D eigenvalue weighted by Gasteiger charge is -2.13. The molecule has 1 heterocycles. The topological polar surface area (TPSA) is 128 Å². The molecule has 0 aliphatic rings. The number of carboxylic acids is 1. The number of nitrogens with zero attached hydrogens (tertiary/aromatic N) is 1. The smallest absolute Gasteiger partial charge is 0.326 e. The van der Waals surface area contributed by atoms with Gasteiger partial charge in [-0.05, 0) is 18.5 Å². The van der Waals surface area contributed by atoms with Gasteiger partial charge in [-0.1, -0.05) is 0 Å². The van der Waals surface area contributed by atoms with Crippen LogP contribution in [0.3, 0.4) is 0 Å². The van der Waals surface area contributed by atoms with E-state index in [0.29, 0.717) is 5.76 Å². The predicted octanol–water partition coefficient (Wildman–Crippen LogP) is -0.116. The van der Waals surface area contributed by atoms with E-state index < -0.39 is 30.5 Å². The van der Waals surface area contributed by atoms with Crippen molar-refractivity contribution in [2.75, 3.05) is 13.7 Å². The van der Waals surface area contributed by atoms with E-state index in [2.05, 4.69) is 15.2 Å². The Kier molecular flexibility index (Phi) is 6.18. The summed E-state index contributed by atoms with van der Waals surface area (Å²) in [6.45, 7) is 1.25. The molecule has 0 spiro atoms. The molecule has 21 heavy (non-hydrogen) atoms. The minimum Gasteiger partial charge on any atom is -0.480 e. The van der Waals surface area contributed by atoms with Gasteiger partial charge in [-0.3, -0.25) is 9.59 Å². The molecule has 0 saturated heterocycles. The molecule has 0 unspecified atom stereocenters. The fraction of sp³-hybridized carbons (Fsp3) is 0.500. The molecule has 0 radical (unpaired) electrons. The Balaban J connectivity index is 2.41. The van der Waals surface area contributed by atoms with Crippen LogP contribution in [0.2, 0.25) is 0 Å². The molecule has 2 N–H and O–H groups in total. The summed E-state index contributed by atoms with van der Waals surface area (Å²) in [7, 11) is 1.20. The van der Waals surface area contributed by atoms with Crippen molar-refractivity contribution in [1.82, 2.24) is 10.5 Å². The van der Waals surface area contributed by atoms with E-state index in [1.165, 1.54) is 13.2 Å². The first-order valence-electron chi connectivity index (χ1n) is 6.07. The number of carbonyl (C=O) groups excluding carboxylic acids is 2. The Morgan fingerprint density at radius 2 is 2.19 bits per heavy atom. The summed E-state index contributed by atoms with van der Waals surface area (Å²) in [6.07, 6.45) is -0.187. The van der Waals surface area contributed by atoms with E-state index in [9.17, 15) is 14.4 Å². The average molecular weight is 300 g/mol. The summed E-state index contributed by atoms with van der Waals surface area (Å²) in [6, 6.07) is 0.290. The maximum absolute atomic E-state index is 11.6. The zero-order valence-electron chi connectivity index (χ0n) is 11.6. The van der Waals surface area contributed by atoms with Gasteiger partial charge in [-0.25, -0.2) is 4.79 Å². The minimum atomic E-state index is -1.25. The number of carbonyl (C=O) groups is 3. The van der Waals surface area contributed by atoms with Gasteiger partial charge < -0.3 is 24.4 Å². The van der Waals surface area contributed by atoms with Crippen molar-refractivity contribution in [2.45, 2.75) is 25.8 Å². The van der Waals surface area contributed by atoms with Crippen LogP contribution < -0.4 is 10.1 Å². The molecular weight excluding hydrogens is 284 g/mol. The maximum atomic E-state index is 11.6. The zero-order chi connectivity index (χ0) is 15.8. The second kappa shape index (κ2) is 7.88. The molecule has 0 aliphatic heterocycles. The number of aliphatic carboxylic acids is 1. The number of hydrogen-bond donors (Lipinski definition) is 2. The summed E-state index contributed by atoms with van der Waals surface area (Å²) >= 11 is 0. The number of amides is 1. The minimum absolute atomic E-state index is 0.0726. The van der Waals surface area contributed by atoms with E-state index in [4.69, 9.17) is 14.4 Å². The van der Waals surface area contributed by atoms with Crippen LogP contribution in [0.25, 0.3) is 0 Å². The number of aryl methyl sites for hydroxylation is 1. The third-order valence-corrected chi connectivity index (χ3v) is 2.46. The number of rotatable bonds is 8. The zero-order valence-corrected chi connectivity index (χ0v) is 11.6. The van der Waals surface area contributed by atoms with Crippen molar-refractivity contribution >= 4 is 17.8 Å². The number of methoxy groups -OCH3 is 1. The second-order valence-electron chi connectivity index (χ2n) is 4.14. The van der Waals surface area contributed by atoms with E-state index >= 15 is 0 Å². The molecule has 1 aromatic heterocycles. The molecule has 9 nitrogen and oxygen atoms in total. The molecule has 0 fully saturated rings. The van der Waals surface area contributed by atoms with Crippen LogP contribution in [0, 0.1) is 6.92 Å². The Hall–Kier alpha value is -2.58. The van der Waals surface area contributed by atoms with Crippen LogP contribution in [-0.4, -0.2) is 47.9 Å². The van der Waals surface area contributed by atoms with Crippen molar-refractivity contribution < 1.29 is 33.5 Å². The molecule has 0 aliphatic carbocycles. The summed E-state index contributed by atoms with van der Waals surface area (Å²) in [5.74, 6) is -1.79. The third kappa shape index (κ3) is 5.93. The van der Waals surface area contributed by atoms with Crippen molar-refractivity contribution in [3.63, 3.8) is 0 Å². The highest BCUT2D eigenvalue weighted by Gasteiger charge is 2.21. The van der Waals surface area contributed by atoms with Gasteiger partial charge in [-0.15, -0.1) is 0 Å². The van der Waals surface area contributed by atoms with Gasteiger partial charge in [-0.2, -0.15) is 0 Å². The maximum Gasteiger partial charge on any atom is 0.326 e. The summed E-state index contributed by atoms with van der Waals surface area (Å²) in [5, 5.41) is 14.7. The molecule has 9 heteroatoms. The van der Waals surface area contributed by atoms with Crippen LogP contribution in [0.1, 0.15) is 18.6 Å². The predicted molar refractivity (Wildman–Crippen MR) is 67.6 cm³/mol. The molecule has 1 aromatic rings. The number of ether oxygens (including phenoxy) is 2. The van der Waals surface area contributed by atoms with Gasteiger partial charge in [0, 0.05) is 12.5 Å². The average Bonchev–Trinajstić information content (AvgIpc) is 2.86. The van der Waals surface area contributed by atoms with Crippen molar-refractivity contribution in [2.24, 2.45) is 0 Å². The lowest BCUT2D eigenvalue weighted by Crippen LogP contribution is -2.43. The highest BCUT2D eigenvalue weighted by atomic mass is 16.5. The normalized spacial score (nSPS) is 11.5. The Morgan fingerprint density at radius 1 is 1.48 bits per heavy atom. The summed E-state index contributed by atoms with van der Waals surface area (Å²) in [4.78, 5) is 33.5. The fourth-order valence-corrected chi connectivity index (χ4v) is 1.41. The fourth-order valence-electron chi connectivity index (χ4n) is 1.41. The highest BCUT2D eigenvalue weighted by Crippen LogP contribution is 2.09. The Morgan fingerprint density at radius 3 is 2.71 bits per heavy atom. The Labute approximate surface area is 120 Å². The van der Waals surface area contributed by atoms with Crippen LogP contribution in [-0.2, 0) is 19.1 Å². The monoisotopic (exact) mass is 300 g/mol. The molecule has 0 saturated carbocycles. The summed E-state index contributed by atoms with van der Waals surface area (Å²) < 4.78 is 14.2. The second-order valence-corrected chi connectivity index (χ2v) is 4.14. The van der Waals surface area contributed by atoms with Crippen molar-refractivity contribution in [3.8, 4) is 5.88 Å². The molecule has 1 atom stereocenters. The molecule has 0 bridgehead atoms. The number of hydrogen-bond acceptors (Lipinski definition) is 7. The number of aromatic nitrogens is 1. The van der Waals surface area contributed by atoms with E-state index in [-0.39, 0.29) is 18.7 Å². The molecule has 0 aromatic carbocycles.